The Balaban J connectivity index is 1.55. The molecule has 1 fully saturated rings. The zero-order chi connectivity index (χ0) is 22.1. The van der Waals surface area contributed by atoms with Crippen molar-refractivity contribution in [2.45, 2.75) is 25.8 Å². The second kappa shape index (κ2) is 11.8. The van der Waals surface area contributed by atoms with E-state index < -0.39 is 0 Å². The van der Waals surface area contributed by atoms with Gasteiger partial charge in [0.05, 0.1) is 20.1 Å². The van der Waals surface area contributed by atoms with E-state index >= 15 is 0 Å². The van der Waals surface area contributed by atoms with Gasteiger partial charge in [0, 0.05) is 37.9 Å². The lowest BCUT2D eigenvalue weighted by atomic mass is 9.95. The Kier molecular flexibility index (Phi) is 8.85. The van der Waals surface area contributed by atoms with Crippen LogP contribution in [0.1, 0.15) is 24.0 Å². The largest absolute Gasteiger partial charge is 0.496 e. The predicted molar refractivity (Wildman–Crippen MR) is 120 cm³/mol. The Morgan fingerprint density at radius 1 is 1.06 bits per heavy atom. The molecule has 1 aliphatic heterocycles. The Hall–Kier alpha value is -2.44. The Labute approximate surface area is 184 Å². The van der Waals surface area contributed by atoms with Crippen LogP contribution in [0.5, 0.6) is 5.75 Å². The van der Waals surface area contributed by atoms with Gasteiger partial charge in [-0.15, -0.1) is 0 Å². The van der Waals surface area contributed by atoms with E-state index in [1.807, 2.05) is 41.3 Å². The summed E-state index contributed by atoms with van der Waals surface area (Å²) in [7, 11) is 3.28. The molecule has 0 aromatic heterocycles. The van der Waals surface area contributed by atoms with Crippen LogP contribution in [0.2, 0.25) is 0 Å². The molecule has 0 saturated carbocycles. The number of methoxy groups -OCH3 is 2. The minimum absolute atomic E-state index is 0.0929. The van der Waals surface area contributed by atoms with Crippen LogP contribution in [-0.4, -0.2) is 62.7 Å². The minimum atomic E-state index is -0.141. The number of hydrogen-bond donors (Lipinski definition) is 0. The van der Waals surface area contributed by atoms with Crippen LogP contribution in [0.3, 0.4) is 0 Å². The Bertz CT molecular complexity index is 837. The van der Waals surface area contributed by atoms with Gasteiger partial charge in [0.2, 0.25) is 5.91 Å². The lowest BCUT2D eigenvalue weighted by molar-refractivity contribution is -0.132. The molecule has 1 heterocycles. The molecule has 1 saturated heterocycles. The van der Waals surface area contributed by atoms with Crippen LogP contribution < -0.4 is 4.74 Å². The van der Waals surface area contributed by atoms with Crippen molar-refractivity contribution in [3.05, 3.63) is 65.5 Å². The SMILES string of the molecule is COCCN(CC1CCN(Cc2ccccc2F)CC1)C(=O)Cc1ccccc1OC. The summed E-state index contributed by atoms with van der Waals surface area (Å²) in [6.45, 7) is 4.30. The van der Waals surface area contributed by atoms with Crippen molar-refractivity contribution in [2.24, 2.45) is 5.92 Å². The van der Waals surface area contributed by atoms with Crippen molar-refractivity contribution >= 4 is 5.91 Å². The second-order valence-electron chi connectivity index (χ2n) is 8.13. The number of halogens is 1. The highest BCUT2D eigenvalue weighted by atomic mass is 19.1. The van der Waals surface area contributed by atoms with Crippen molar-refractivity contribution < 1.29 is 18.7 Å². The maximum absolute atomic E-state index is 13.9. The molecule has 0 unspecified atom stereocenters. The molecule has 0 atom stereocenters. The third kappa shape index (κ3) is 6.77. The Morgan fingerprint density at radius 3 is 2.42 bits per heavy atom. The number of rotatable bonds is 10. The van der Waals surface area contributed by atoms with E-state index in [4.69, 9.17) is 9.47 Å². The van der Waals surface area contributed by atoms with E-state index in [2.05, 4.69) is 4.90 Å². The van der Waals surface area contributed by atoms with Gasteiger partial charge in [-0.1, -0.05) is 36.4 Å². The third-order valence-electron chi connectivity index (χ3n) is 5.99. The highest BCUT2D eigenvalue weighted by molar-refractivity contribution is 5.79. The molecule has 3 rings (SSSR count). The van der Waals surface area contributed by atoms with Gasteiger partial charge in [0.25, 0.3) is 0 Å². The highest BCUT2D eigenvalue weighted by Crippen LogP contribution is 2.23. The van der Waals surface area contributed by atoms with E-state index in [1.165, 1.54) is 6.07 Å². The lowest BCUT2D eigenvalue weighted by Gasteiger charge is -2.35. The molecule has 0 bridgehead atoms. The van der Waals surface area contributed by atoms with Crippen LogP contribution in [0, 0.1) is 11.7 Å². The summed E-state index contributed by atoms with van der Waals surface area (Å²) in [4.78, 5) is 17.3. The van der Waals surface area contributed by atoms with Crippen LogP contribution >= 0.6 is 0 Å². The molecule has 0 radical (unpaired) electrons. The van der Waals surface area contributed by atoms with Gasteiger partial charge in [0.1, 0.15) is 11.6 Å². The topological polar surface area (TPSA) is 42.0 Å². The number of hydrogen-bond acceptors (Lipinski definition) is 4. The molecule has 0 N–H and O–H groups in total. The maximum atomic E-state index is 13.9. The summed E-state index contributed by atoms with van der Waals surface area (Å²) in [6, 6.07) is 14.6. The van der Waals surface area contributed by atoms with Gasteiger partial charge in [-0.2, -0.15) is 0 Å². The van der Waals surface area contributed by atoms with Gasteiger partial charge in [-0.05, 0) is 44.0 Å². The molecule has 2 aromatic carbocycles. The van der Waals surface area contributed by atoms with Gasteiger partial charge in [-0.3, -0.25) is 9.69 Å². The fourth-order valence-corrected chi connectivity index (χ4v) is 4.15. The van der Waals surface area contributed by atoms with Crippen molar-refractivity contribution in [3.63, 3.8) is 0 Å². The van der Waals surface area contributed by atoms with E-state index in [9.17, 15) is 9.18 Å². The molecule has 0 aliphatic carbocycles. The van der Waals surface area contributed by atoms with Gasteiger partial charge >= 0.3 is 0 Å². The molecule has 31 heavy (non-hydrogen) atoms. The summed E-state index contributed by atoms with van der Waals surface area (Å²) >= 11 is 0. The number of nitrogens with zero attached hydrogens (tertiary/aromatic N) is 2. The van der Waals surface area contributed by atoms with Crippen molar-refractivity contribution in [2.75, 3.05) is 47.0 Å². The molecule has 168 valence electrons. The lowest BCUT2D eigenvalue weighted by Crippen LogP contribution is -2.42. The van der Waals surface area contributed by atoms with Gasteiger partial charge < -0.3 is 14.4 Å². The first-order chi connectivity index (χ1) is 15.1. The average molecular weight is 429 g/mol. The van der Waals surface area contributed by atoms with Crippen LogP contribution in [-0.2, 0) is 22.5 Å². The van der Waals surface area contributed by atoms with Crippen molar-refractivity contribution in [1.82, 2.24) is 9.80 Å². The molecule has 1 amide bonds. The first-order valence-corrected chi connectivity index (χ1v) is 10.9. The smallest absolute Gasteiger partial charge is 0.227 e. The summed E-state index contributed by atoms with van der Waals surface area (Å²) in [5.41, 5.74) is 1.65. The molecule has 1 aliphatic rings. The first-order valence-electron chi connectivity index (χ1n) is 10.9. The molecular weight excluding hydrogens is 395 g/mol. The van der Waals surface area contributed by atoms with Gasteiger partial charge in [-0.25, -0.2) is 4.39 Å². The fourth-order valence-electron chi connectivity index (χ4n) is 4.15. The average Bonchev–Trinajstić information content (AvgIpc) is 2.79. The standard InChI is InChI=1S/C25H33FN2O3/c1-30-16-15-28(25(29)17-21-7-4-6-10-24(21)31-2)18-20-11-13-27(14-12-20)19-22-8-3-5-9-23(22)26/h3-10,20H,11-19H2,1-2H3. The predicted octanol–water partition coefficient (Wildman–Crippen LogP) is 3.76. The number of carbonyl (C=O) groups is 1. The van der Waals surface area contributed by atoms with Crippen LogP contribution in [0.4, 0.5) is 4.39 Å². The number of amides is 1. The van der Waals surface area contributed by atoms with Crippen molar-refractivity contribution in [3.8, 4) is 5.75 Å². The zero-order valence-corrected chi connectivity index (χ0v) is 18.6. The maximum Gasteiger partial charge on any atom is 0.227 e. The zero-order valence-electron chi connectivity index (χ0n) is 18.6. The third-order valence-corrected chi connectivity index (χ3v) is 5.99. The fraction of sp³-hybridized carbons (Fsp3) is 0.480. The summed E-state index contributed by atoms with van der Waals surface area (Å²) in [5, 5.41) is 0. The summed E-state index contributed by atoms with van der Waals surface area (Å²) < 4.78 is 24.6. The Morgan fingerprint density at radius 2 is 1.74 bits per heavy atom. The number of ether oxygens (including phenoxy) is 2. The molecular formula is C25H33FN2O3. The number of likely N-dealkylation sites (tertiary alicyclic amines) is 1. The van der Waals surface area contributed by atoms with E-state index in [-0.39, 0.29) is 11.7 Å². The summed E-state index contributed by atoms with van der Waals surface area (Å²) in [6.07, 6.45) is 2.32. The van der Waals surface area contributed by atoms with E-state index in [0.717, 1.165) is 49.4 Å². The van der Waals surface area contributed by atoms with E-state index in [1.54, 1.807) is 20.3 Å². The van der Waals surface area contributed by atoms with Crippen LogP contribution in [0.15, 0.2) is 48.5 Å². The van der Waals surface area contributed by atoms with E-state index in [0.29, 0.717) is 32.0 Å². The van der Waals surface area contributed by atoms with Crippen molar-refractivity contribution in [1.29, 1.82) is 0 Å². The highest BCUT2D eigenvalue weighted by Gasteiger charge is 2.24. The molecule has 5 nitrogen and oxygen atoms in total. The summed E-state index contributed by atoms with van der Waals surface area (Å²) in [5.74, 6) is 1.13. The number of para-hydroxylation sites is 1. The molecule has 2 aromatic rings. The minimum Gasteiger partial charge on any atom is -0.496 e. The van der Waals surface area contributed by atoms with Crippen LogP contribution in [0.25, 0.3) is 0 Å². The molecule has 6 heteroatoms. The second-order valence-corrected chi connectivity index (χ2v) is 8.13. The number of piperidine rings is 1. The monoisotopic (exact) mass is 428 g/mol. The quantitative estimate of drug-likeness (QED) is 0.578. The normalized spacial score (nSPS) is 15.1. The number of benzene rings is 2. The van der Waals surface area contributed by atoms with Gasteiger partial charge in [0.15, 0.2) is 0 Å². The first kappa shape index (κ1) is 23.2. The number of carbonyl (C=O) groups excluding carboxylic acids is 1. The molecule has 0 spiro atoms.